The number of likely N-dealkylation sites (N-methyl/N-ethyl adjacent to an activating group) is 1. The maximum atomic E-state index is 13.3. The number of nitrogens with zero attached hydrogens (tertiary/aromatic N) is 1. The van der Waals surface area contributed by atoms with Gasteiger partial charge in [-0.2, -0.15) is 0 Å². The molecule has 246 valence electrons. The molecule has 13 nitrogen and oxygen atoms in total. The van der Waals surface area contributed by atoms with Crippen LogP contribution < -0.4 is 21.1 Å². The maximum absolute atomic E-state index is 13.3. The number of ether oxygens (including phenoxy) is 3. The number of rotatable bonds is 11. The van der Waals surface area contributed by atoms with Gasteiger partial charge in [-0.05, 0) is 90.2 Å². The number of carbonyl (C=O) groups is 4. The van der Waals surface area contributed by atoms with Crippen LogP contribution in [0.2, 0.25) is 0 Å². The van der Waals surface area contributed by atoms with Gasteiger partial charge in [-0.3, -0.25) is 9.59 Å². The second-order valence-corrected chi connectivity index (χ2v) is 12.7. The van der Waals surface area contributed by atoms with E-state index in [4.69, 9.17) is 19.9 Å². The summed E-state index contributed by atoms with van der Waals surface area (Å²) in [5, 5.41) is 28.3. The third-order valence-electron chi connectivity index (χ3n) is 9.77. The average Bonchev–Trinajstić information content (AvgIpc) is 3.33. The van der Waals surface area contributed by atoms with Crippen LogP contribution >= 0.6 is 0 Å². The van der Waals surface area contributed by atoms with Crippen LogP contribution in [0.1, 0.15) is 70.4 Å². The van der Waals surface area contributed by atoms with Gasteiger partial charge in [0.15, 0.2) is 23.7 Å². The van der Waals surface area contributed by atoms with Crippen molar-refractivity contribution < 1.29 is 43.6 Å². The highest BCUT2D eigenvalue weighted by molar-refractivity contribution is 5.90. The molecule has 2 bridgehead atoms. The van der Waals surface area contributed by atoms with E-state index in [2.05, 4.69) is 15.5 Å². The largest absolute Gasteiger partial charge is 0.504 e. The van der Waals surface area contributed by atoms with Gasteiger partial charge in [-0.15, -0.1) is 0 Å². The number of hydrogen-bond acceptors (Lipinski definition) is 11. The third-order valence-corrected chi connectivity index (χ3v) is 9.77. The molecule has 1 fully saturated rings. The summed E-state index contributed by atoms with van der Waals surface area (Å²) in [4.78, 5) is 52.7. The Balaban J connectivity index is 1.28. The summed E-state index contributed by atoms with van der Waals surface area (Å²) in [6.45, 7) is 5.31. The Morgan fingerprint density at radius 2 is 1.93 bits per heavy atom. The zero-order valence-electron chi connectivity index (χ0n) is 26.3. The Kier molecular flexibility index (Phi) is 9.16. The summed E-state index contributed by atoms with van der Waals surface area (Å²) in [7, 11) is 2.00. The van der Waals surface area contributed by atoms with Gasteiger partial charge in [-0.1, -0.05) is 6.07 Å². The van der Waals surface area contributed by atoms with Crippen molar-refractivity contribution in [3.8, 4) is 11.5 Å². The minimum absolute atomic E-state index is 0.0416. The topological polar surface area (TPSA) is 190 Å². The summed E-state index contributed by atoms with van der Waals surface area (Å²) >= 11 is 0. The van der Waals surface area contributed by atoms with Crippen molar-refractivity contribution in [1.29, 1.82) is 0 Å². The highest BCUT2D eigenvalue weighted by Gasteiger charge is 2.71. The van der Waals surface area contributed by atoms with Crippen molar-refractivity contribution in [2.45, 2.75) is 107 Å². The number of esters is 2. The van der Waals surface area contributed by atoms with Crippen LogP contribution in [-0.2, 0) is 40.5 Å². The molecule has 4 aliphatic rings. The molecule has 1 saturated heterocycles. The van der Waals surface area contributed by atoms with Gasteiger partial charge in [-0.25, -0.2) is 9.59 Å². The van der Waals surface area contributed by atoms with E-state index >= 15 is 0 Å². The first kappa shape index (κ1) is 32.7. The molecule has 2 aliphatic carbocycles. The number of likely N-dealkylation sites (tertiary alicyclic amines) is 1. The van der Waals surface area contributed by atoms with Gasteiger partial charge in [0.05, 0.1) is 11.0 Å². The number of phenolic OH excluding ortho intramolecular Hbond substituents is 1. The molecule has 0 aromatic heterocycles. The van der Waals surface area contributed by atoms with Crippen LogP contribution in [0.4, 0.5) is 0 Å². The fourth-order valence-corrected chi connectivity index (χ4v) is 7.60. The van der Waals surface area contributed by atoms with Gasteiger partial charge < -0.3 is 45.7 Å². The molecular formula is C32H44N4O9. The third kappa shape index (κ3) is 5.66. The first-order chi connectivity index (χ1) is 21.3. The van der Waals surface area contributed by atoms with E-state index in [0.29, 0.717) is 44.4 Å². The van der Waals surface area contributed by atoms with Gasteiger partial charge in [0.25, 0.3) is 0 Å². The smallest absolute Gasteiger partial charge is 0.352 e. The number of nitrogens with two attached hydrogens (primary N) is 1. The molecule has 0 radical (unpaired) electrons. The number of benzene rings is 1. The lowest BCUT2D eigenvalue weighted by Gasteiger charge is -2.56. The SMILES string of the molecule is CC(=O)N[C@@H](CCCCN)C(=O)N[C@@H](C)C(=O)O[C@@H](C)C(=O)OC1=CC[C@@]2(O)[C@H]3Cc4ccc(O)c5c4[C@@]2(CCCN3C)[C@H]1O5. The fraction of sp³-hybridized carbons (Fsp3) is 0.625. The lowest BCUT2D eigenvalue weighted by Crippen LogP contribution is -2.69. The number of nitrogens with one attached hydrogen (secondary N) is 2. The Morgan fingerprint density at radius 1 is 1.18 bits per heavy atom. The first-order valence-corrected chi connectivity index (χ1v) is 15.7. The number of phenols is 1. The molecule has 1 aromatic carbocycles. The quantitative estimate of drug-likeness (QED) is 0.171. The second-order valence-electron chi connectivity index (χ2n) is 12.7. The van der Waals surface area contributed by atoms with E-state index in [1.807, 2.05) is 13.1 Å². The van der Waals surface area contributed by atoms with Crippen molar-refractivity contribution in [3.63, 3.8) is 0 Å². The number of hydrogen-bond donors (Lipinski definition) is 5. The van der Waals surface area contributed by atoms with Crippen molar-refractivity contribution in [3.05, 3.63) is 35.1 Å². The Bertz CT molecular complexity index is 1400. The molecule has 13 heteroatoms. The minimum atomic E-state index is -1.33. The zero-order chi connectivity index (χ0) is 32.7. The highest BCUT2D eigenvalue weighted by atomic mass is 16.6. The molecule has 7 atom stereocenters. The Labute approximate surface area is 262 Å². The van der Waals surface area contributed by atoms with E-state index in [-0.39, 0.29) is 29.9 Å². The Hall–Kier alpha value is -3.68. The van der Waals surface area contributed by atoms with Crippen LogP contribution in [0.5, 0.6) is 11.5 Å². The standard InChI is InChI=1S/C32H44N4O9/c1-17(34-28(39)21(35-19(3)37)8-5-6-14-33)29(40)43-18(2)30(41)44-23-11-13-32(42)24-16-20-9-10-22(38)26-25(20)31(32,27(23)45-26)12-7-15-36(24)4/h9-11,17-18,21,24,27,38,42H,5-8,12-16,33H2,1-4H3,(H,34,39)(H,35,37)/t17-,18-,21-,24+,27-,31-,32+/m0/s1. The predicted octanol–water partition coefficient (Wildman–Crippen LogP) is 0.673. The number of aliphatic hydroxyl groups is 1. The van der Waals surface area contributed by atoms with Crippen LogP contribution in [-0.4, -0.2) is 94.9 Å². The number of carbonyl (C=O) groups excluding carboxylic acids is 4. The second kappa shape index (κ2) is 12.6. The van der Waals surface area contributed by atoms with Crippen LogP contribution in [0.15, 0.2) is 24.0 Å². The van der Waals surface area contributed by atoms with Gasteiger partial charge in [0.2, 0.25) is 11.8 Å². The average molecular weight is 629 g/mol. The zero-order valence-corrected chi connectivity index (χ0v) is 26.3. The molecular weight excluding hydrogens is 584 g/mol. The lowest BCUT2D eigenvalue weighted by molar-refractivity contribution is -0.169. The van der Waals surface area contributed by atoms with Gasteiger partial charge in [0, 0.05) is 24.9 Å². The molecule has 2 heterocycles. The van der Waals surface area contributed by atoms with E-state index < -0.39 is 53.2 Å². The van der Waals surface area contributed by atoms with E-state index in [1.54, 1.807) is 12.1 Å². The first-order valence-electron chi connectivity index (χ1n) is 15.7. The summed E-state index contributed by atoms with van der Waals surface area (Å²) in [6, 6.07) is 1.30. The summed E-state index contributed by atoms with van der Waals surface area (Å²) in [6.07, 6.45) is 3.21. The summed E-state index contributed by atoms with van der Waals surface area (Å²) < 4.78 is 17.5. The molecule has 2 amide bonds. The molecule has 6 N–H and O–H groups in total. The Morgan fingerprint density at radius 3 is 2.64 bits per heavy atom. The molecule has 1 spiro atoms. The fourth-order valence-electron chi connectivity index (χ4n) is 7.60. The number of amides is 2. The van der Waals surface area contributed by atoms with Crippen molar-refractivity contribution >= 4 is 23.8 Å². The van der Waals surface area contributed by atoms with E-state index in [9.17, 15) is 29.4 Å². The minimum Gasteiger partial charge on any atom is -0.504 e. The molecule has 45 heavy (non-hydrogen) atoms. The summed E-state index contributed by atoms with van der Waals surface area (Å²) in [5.74, 6) is -2.20. The van der Waals surface area contributed by atoms with Gasteiger partial charge >= 0.3 is 11.9 Å². The van der Waals surface area contributed by atoms with E-state index in [1.165, 1.54) is 20.8 Å². The molecule has 0 unspecified atom stereocenters. The predicted molar refractivity (Wildman–Crippen MR) is 161 cm³/mol. The van der Waals surface area contributed by atoms with Crippen LogP contribution in [0.3, 0.4) is 0 Å². The van der Waals surface area contributed by atoms with Gasteiger partial charge in [0.1, 0.15) is 17.8 Å². The molecule has 0 saturated carbocycles. The van der Waals surface area contributed by atoms with Crippen molar-refractivity contribution in [2.75, 3.05) is 20.1 Å². The van der Waals surface area contributed by atoms with Crippen LogP contribution in [0, 0.1) is 0 Å². The van der Waals surface area contributed by atoms with Crippen LogP contribution in [0.25, 0.3) is 0 Å². The normalized spacial score (nSPS) is 28.3. The molecule has 1 aromatic rings. The summed E-state index contributed by atoms with van der Waals surface area (Å²) in [5.41, 5.74) is 5.11. The highest BCUT2D eigenvalue weighted by Crippen LogP contribution is 2.64. The number of aromatic hydroxyl groups is 1. The molecule has 5 rings (SSSR count). The van der Waals surface area contributed by atoms with E-state index in [0.717, 1.165) is 24.1 Å². The molecule has 2 aliphatic heterocycles. The number of unbranched alkanes of at least 4 members (excludes halogenated alkanes) is 1. The monoisotopic (exact) mass is 628 g/mol. The maximum Gasteiger partial charge on any atom is 0.352 e. The van der Waals surface area contributed by atoms with Crippen molar-refractivity contribution in [2.24, 2.45) is 5.73 Å². The lowest BCUT2D eigenvalue weighted by atomic mass is 9.52. The van der Waals surface area contributed by atoms with Crippen molar-refractivity contribution in [1.82, 2.24) is 15.5 Å².